The van der Waals surface area contributed by atoms with E-state index in [9.17, 15) is 37.4 Å². The molecule has 1 aliphatic rings. The van der Waals surface area contributed by atoms with Crippen LogP contribution in [0.5, 0.6) is 5.75 Å². The van der Waals surface area contributed by atoms with Crippen molar-refractivity contribution in [2.75, 3.05) is 10.3 Å². The molecule has 0 bridgehead atoms. The fourth-order valence-electron chi connectivity index (χ4n) is 4.72. The first-order valence-corrected chi connectivity index (χ1v) is 12.2. The van der Waals surface area contributed by atoms with Crippen molar-refractivity contribution in [1.29, 1.82) is 0 Å². The number of hydrogen-bond acceptors (Lipinski definition) is 5. The van der Waals surface area contributed by atoms with Gasteiger partial charge >= 0.3 is 12.1 Å². The van der Waals surface area contributed by atoms with Crippen molar-refractivity contribution in [2.24, 2.45) is 5.10 Å². The Morgan fingerprint density at radius 1 is 0.927 bits per heavy atom. The predicted octanol–water partition coefficient (Wildman–Crippen LogP) is 7.03. The summed E-state index contributed by atoms with van der Waals surface area (Å²) >= 11 is 0. The largest absolute Gasteiger partial charge is 0.505 e. The molecule has 0 aromatic heterocycles. The van der Waals surface area contributed by atoms with E-state index in [1.54, 1.807) is 12.1 Å². The van der Waals surface area contributed by atoms with Gasteiger partial charge in [-0.15, -0.1) is 0 Å². The van der Waals surface area contributed by atoms with E-state index < -0.39 is 29.4 Å². The average Bonchev–Trinajstić information content (AvgIpc) is 3.18. The van der Waals surface area contributed by atoms with Crippen molar-refractivity contribution < 1.29 is 37.4 Å². The highest BCUT2D eigenvalue weighted by atomic mass is 19.4. The van der Waals surface area contributed by atoms with Crippen LogP contribution in [0.1, 0.15) is 32.6 Å². The number of benzene rings is 4. The van der Waals surface area contributed by atoms with Crippen LogP contribution in [-0.2, 0) is 11.0 Å². The molecule has 208 valence electrons. The molecule has 0 saturated heterocycles. The predicted molar refractivity (Wildman–Crippen MR) is 145 cm³/mol. The summed E-state index contributed by atoms with van der Waals surface area (Å²) in [5.74, 6) is -3.22. The van der Waals surface area contributed by atoms with Gasteiger partial charge in [0.05, 0.1) is 22.5 Å². The van der Waals surface area contributed by atoms with Crippen LogP contribution in [0.15, 0.2) is 77.9 Å². The summed E-state index contributed by atoms with van der Waals surface area (Å²) in [5, 5.41) is 24.4. The van der Waals surface area contributed by atoms with Crippen molar-refractivity contribution in [2.45, 2.75) is 20.0 Å². The highest BCUT2D eigenvalue weighted by Gasteiger charge is 2.39. The second kappa shape index (κ2) is 10.1. The van der Waals surface area contributed by atoms with Crippen molar-refractivity contribution in [3.63, 3.8) is 0 Å². The van der Waals surface area contributed by atoms with E-state index in [2.05, 4.69) is 10.5 Å². The van der Waals surface area contributed by atoms with E-state index in [0.29, 0.717) is 5.56 Å². The van der Waals surface area contributed by atoms with Crippen molar-refractivity contribution in [1.82, 2.24) is 0 Å². The van der Waals surface area contributed by atoms with E-state index >= 15 is 0 Å². The second-order valence-electron chi connectivity index (χ2n) is 9.52. The van der Waals surface area contributed by atoms with Crippen LogP contribution in [-0.4, -0.2) is 27.8 Å². The third-order valence-corrected chi connectivity index (χ3v) is 6.47. The molecular weight excluding hydrogens is 542 g/mol. The zero-order chi connectivity index (χ0) is 29.6. The molecule has 0 fully saturated rings. The van der Waals surface area contributed by atoms with Crippen molar-refractivity contribution in [3.8, 4) is 16.9 Å². The van der Waals surface area contributed by atoms with Gasteiger partial charge in [-0.2, -0.15) is 18.3 Å². The number of fused-ring (bicyclic) bond motifs is 1. The normalized spacial score (nSPS) is 14.0. The molecule has 0 radical (unpaired) electrons. The number of alkyl halides is 3. The van der Waals surface area contributed by atoms with Gasteiger partial charge in [0.2, 0.25) is 0 Å². The molecule has 4 aromatic carbocycles. The molecule has 1 amide bonds. The number of anilines is 3. The Kier molecular flexibility index (Phi) is 6.74. The first kappa shape index (κ1) is 27.4. The maximum atomic E-state index is 14.6. The molecule has 0 saturated carbocycles. The number of aromatic carboxylic acids is 1. The summed E-state index contributed by atoms with van der Waals surface area (Å²) in [6.45, 7) is 3.70. The molecule has 41 heavy (non-hydrogen) atoms. The van der Waals surface area contributed by atoms with Crippen LogP contribution in [0.3, 0.4) is 0 Å². The number of phenols is 1. The minimum atomic E-state index is -4.72. The Balaban J connectivity index is 1.60. The Morgan fingerprint density at radius 2 is 1.63 bits per heavy atom. The van der Waals surface area contributed by atoms with Gasteiger partial charge in [0, 0.05) is 17.2 Å². The molecule has 3 N–H and O–H groups in total. The minimum absolute atomic E-state index is 0.00591. The van der Waals surface area contributed by atoms with Crippen molar-refractivity contribution in [3.05, 3.63) is 106 Å². The summed E-state index contributed by atoms with van der Waals surface area (Å²) in [5.41, 5.74) is 3.09. The van der Waals surface area contributed by atoms with Crippen molar-refractivity contribution >= 4 is 34.7 Å². The number of carbonyl (C=O) groups excluding carboxylic acids is 1. The molecule has 4 aromatic rings. The highest BCUT2D eigenvalue weighted by molar-refractivity contribution is 6.55. The van der Waals surface area contributed by atoms with E-state index in [1.165, 1.54) is 18.2 Å². The zero-order valence-corrected chi connectivity index (χ0v) is 21.5. The number of amides is 1. The highest BCUT2D eigenvalue weighted by Crippen LogP contribution is 2.41. The smallest absolute Gasteiger partial charge is 0.416 e. The van der Waals surface area contributed by atoms with Gasteiger partial charge in [0.1, 0.15) is 17.3 Å². The van der Waals surface area contributed by atoms with Crippen LogP contribution >= 0.6 is 0 Å². The van der Waals surface area contributed by atoms with E-state index in [1.807, 2.05) is 19.9 Å². The van der Waals surface area contributed by atoms with Crippen LogP contribution in [0.2, 0.25) is 0 Å². The molecule has 0 spiro atoms. The molecule has 11 heteroatoms. The molecule has 7 nitrogen and oxygen atoms in total. The number of nitrogens with zero attached hydrogens (tertiary/aromatic N) is 2. The lowest BCUT2D eigenvalue weighted by molar-refractivity contribution is -0.137. The summed E-state index contributed by atoms with van der Waals surface area (Å²) < 4.78 is 55.3. The number of aryl methyl sites for hydroxylation is 2. The number of rotatable bonds is 5. The topological polar surface area (TPSA) is 102 Å². The van der Waals surface area contributed by atoms with Gasteiger partial charge in [-0.1, -0.05) is 35.4 Å². The van der Waals surface area contributed by atoms with Crippen LogP contribution in [0, 0.1) is 19.7 Å². The molecule has 0 unspecified atom stereocenters. The Labute approximate surface area is 231 Å². The lowest BCUT2D eigenvalue weighted by atomic mass is 9.99. The molecule has 5 rings (SSSR count). The number of carboxylic acid groups (broad SMARTS) is 1. The quantitative estimate of drug-likeness (QED) is 0.138. The first-order chi connectivity index (χ1) is 19.3. The van der Waals surface area contributed by atoms with E-state index in [0.717, 1.165) is 52.4 Å². The molecule has 0 aliphatic carbocycles. The SMILES string of the molecule is Cc1cc(C)cc(-c2cc(F)cc(N/N=C3\C(=O)N(c4cccc(C(=O)O)c4)c4cc(C(F)(F)F)ccc43)c2O)c1. The fraction of sp³-hybridized carbons (Fsp3) is 0.100. The number of hydrogen-bond donors (Lipinski definition) is 3. The standard InChI is InChI=1S/C30H21F4N3O4/c1-15-8-16(2)10-18(9-15)23-13-20(31)14-24(27(23)38)35-36-26-22-7-6-19(30(32,33)34)12-25(22)37(28(26)39)21-5-3-4-17(11-21)29(40)41/h3-14,35,38H,1-2H3,(H,40,41)/b36-26-. The average molecular weight is 564 g/mol. The number of nitrogens with one attached hydrogen (secondary N) is 1. The monoisotopic (exact) mass is 563 g/mol. The maximum absolute atomic E-state index is 14.6. The Morgan fingerprint density at radius 3 is 2.29 bits per heavy atom. The Hall–Kier alpha value is -5.19. The summed E-state index contributed by atoms with van der Waals surface area (Å²) in [6, 6.07) is 15.3. The van der Waals surface area contributed by atoms with E-state index in [-0.39, 0.29) is 45.2 Å². The van der Waals surface area contributed by atoms with Gasteiger partial charge in [-0.25, -0.2) is 9.18 Å². The third-order valence-electron chi connectivity index (χ3n) is 6.47. The fourth-order valence-corrected chi connectivity index (χ4v) is 4.72. The maximum Gasteiger partial charge on any atom is 0.416 e. The zero-order valence-electron chi connectivity index (χ0n) is 21.5. The van der Waals surface area contributed by atoms with Gasteiger partial charge < -0.3 is 10.2 Å². The number of carboxylic acids is 1. The van der Waals surface area contributed by atoms with Crippen LogP contribution in [0.4, 0.5) is 34.6 Å². The minimum Gasteiger partial charge on any atom is -0.505 e. The lowest BCUT2D eigenvalue weighted by Gasteiger charge is -2.18. The van der Waals surface area contributed by atoms with Gasteiger partial charge in [0.15, 0.2) is 5.71 Å². The number of phenolic OH excluding ortho intramolecular Hbond substituents is 1. The number of halogens is 4. The number of carbonyl (C=O) groups is 2. The molecular formula is C30H21F4N3O4. The molecule has 1 heterocycles. The second-order valence-corrected chi connectivity index (χ2v) is 9.52. The summed E-state index contributed by atoms with van der Waals surface area (Å²) in [7, 11) is 0. The summed E-state index contributed by atoms with van der Waals surface area (Å²) in [6.07, 6.45) is -4.72. The molecule has 1 aliphatic heterocycles. The van der Waals surface area contributed by atoms with Crippen LogP contribution < -0.4 is 10.3 Å². The molecule has 0 atom stereocenters. The first-order valence-electron chi connectivity index (χ1n) is 12.2. The lowest BCUT2D eigenvalue weighted by Crippen LogP contribution is -2.26. The number of hydrazone groups is 1. The summed E-state index contributed by atoms with van der Waals surface area (Å²) in [4.78, 5) is 25.9. The van der Waals surface area contributed by atoms with Crippen LogP contribution in [0.25, 0.3) is 11.1 Å². The van der Waals surface area contributed by atoms with E-state index in [4.69, 9.17) is 0 Å². The Bertz CT molecular complexity index is 1750. The number of aromatic hydroxyl groups is 1. The van der Waals surface area contributed by atoms with Gasteiger partial charge in [0.25, 0.3) is 5.91 Å². The third kappa shape index (κ3) is 5.21. The van der Waals surface area contributed by atoms with Gasteiger partial charge in [-0.3, -0.25) is 15.1 Å². The van der Waals surface area contributed by atoms with Gasteiger partial charge in [-0.05, 0) is 61.9 Å².